The van der Waals surface area contributed by atoms with Gasteiger partial charge in [0.25, 0.3) is 0 Å². The van der Waals surface area contributed by atoms with Gasteiger partial charge in [-0.25, -0.2) is 23.4 Å². The number of anilines is 2. The van der Waals surface area contributed by atoms with Crippen molar-refractivity contribution in [3.05, 3.63) is 65.9 Å². The first-order valence-corrected chi connectivity index (χ1v) is 10.9. The largest absolute Gasteiger partial charge is 0.369 e. The number of hydrogen-bond acceptors (Lipinski definition) is 8. The van der Waals surface area contributed by atoms with Gasteiger partial charge in [0.1, 0.15) is 6.10 Å². The molecule has 1 fully saturated rings. The summed E-state index contributed by atoms with van der Waals surface area (Å²) in [5.74, 6) is 0.851. The number of ether oxygens (including phenoxy) is 1. The number of rotatable bonds is 5. The third-order valence-electron chi connectivity index (χ3n) is 4.93. The van der Waals surface area contributed by atoms with Crippen LogP contribution in [0.5, 0.6) is 0 Å². The van der Waals surface area contributed by atoms with E-state index in [4.69, 9.17) is 4.74 Å². The zero-order chi connectivity index (χ0) is 21.1. The Balaban J connectivity index is 1.54. The first-order chi connectivity index (χ1) is 14.4. The van der Waals surface area contributed by atoms with Crippen molar-refractivity contribution in [3.8, 4) is 0 Å². The van der Waals surface area contributed by atoms with E-state index < -0.39 is 16.1 Å². The molecule has 30 heavy (non-hydrogen) atoms. The minimum absolute atomic E-state index is 0.162. The fourth-order valence-electron chi connectivity index (χ4n) is 3.12. The van der Waals surface area contributed by atoms with Crippen LogP contribution >= 0.6 is 0 Å². The molecule has 0 bridgehead atoms. The molecule has 1 unspecified atom stereocenters. The molecular weight excluding hydrogens is 404 g/mol. The van der Waals surface area contributed by atoms with E-state index in [-0.39, 0.29) is 24.6 Å². The topological polar surface area (TPSA) is 110 Å². The molecule has 0 saturated carbocycles. The number of benzene rings is 1. The van der Waals surface area contributed by atoms with Crippen molar-refractivity contribution in [2.75, 3.05) is 25.0 Å². The lowest BCUT2D eigenvalue weighted by Gasteiger charge is -2.32. The smallest absolute Gasteiger partial charge is 0.243 e. The summed E-state index contributed by atoms with van der Waals surface area (Å²) in [6.07, 6.45) is 5.84. The third kappa shape index (κ3) is 4.30. The summed E-state index contributed by atoms with van der Waals surface area (Å²) >= 11 is 0. The zero-order valence-electron chi connectivity index (χ0n) is 16.7. The number of sulfonamides is 1. The normalized spacial score (nSPS) is 17.6. The Kier molecular flexibility index (Phi) is 5.71. The lowest BCUT2D eigenvalue weighted by atomic mass is 10.1. The highest BCUT2D eigenvalue weighted by Gasteiger charge is 2.32. The number of aromatic nitrogens is 4. The predicted molar refractivity (Wildman–Crippen MR) is 111 cm³/mol. The molecule has 3 heterocycles. The fraction of sp³-hybridized carbons (Fsp3) is 0.300. The predicted octanol–water partition coefficient (Wildman–Crippen LogP) is 2.39. The molecule has 1 saturated heterocycles. The van der Waals surface area contributed by atoms with Crippen LogP contribution in [0.25, 0.3) is 0 Å². The summed E-state index contributed by atoms with van der Waals surface area (Å²) in [5, 5.41) is 2.98. The van der Waals surface area contributed by atoms with Gasteiger partial charge in [0.2, 0.25) is 16.0 Å². The van der Waals surface area contributed by atoms with Gasteiger partial charge in [0.15, 0.2) is 5.82 Å². The number of hydrogen-bond donors (Lipinski definition) is 1. The maximum atomic E-state index is 13.1. The molecule has 0 amide bonds. The Hall–Kier alpha value is -2.95. The molecule has 1 aromatic carbocycles. The van der Waals surface area contributed by atoms with Crippen molar-refractivity contribution in [2.45, 2.75) is 24.8 Å². The molecule has 0 spiro atoms. The van der Waals surface area contributed by atoms with Crippen LogP contribution in [0.15, 0.2) is 53.9 Å². The quantitative estimate of drug-likeness (QED) is 0.662. The Labute approximate surface area is 175 Å². The van der Waals surface area contributed by atoms with Crippen molar-refractivity contribution in [2.24, 2.45) is 0 Å². The van der Waals surface area contributed by atoms with Crippen LogP contribution in [-0.2, 0) is 14.8 Å². The Bertz CT molecular complexity index is 1140. The van der Waals surface area contributed by atoms with Gasteiger partial charge in [-0.2, -0.15) is 4.31 Å². The zero-order valence-corrected chi connectivity index (χ0v) is 17.5. The van der Waals surface area contributed by atoms with Gasteiger partial charge in [-0.15, -0.1) is 0 Å². The summed E-state index contributed by atoms with van der Waals surface area (Å²) in [7, 11) is -3.63. The summed E-state index contributed by atoms with van der Waals surface area (Å²) in [6.45, 7) is 4.58. The van der Waals surface area contributed by atoms with Gasteiger partial charge in [-0.05, 0) is 43.2 Å². The van der Waals surface area contributed by atoms with E-state index in [0.29, 0.717) is 17.5 Å². The molecule has 156 valence electrons. The summed E-state index contributed by atoms with van der Waals surface area (Å²) in [5.41, 5.74) is 2.53. The average molecular weight is 427 g/mol. The SMILES string of the molecule is Cc1ccc(S(=O)(=O)N2CCOC(c3cncc(Nc4ncccn4)n3)C2)cc1C. The molecule has 1 aliphatic rings. The van der Waals surface area contributed by atoms with Crippen LogP contribution in [0.4, 0.5) is 11.8 Å². The van der Waals surface area contributed by atoms with Gasteiger partial charge in [-0.3, -0.25) is 4.98 Å². The molecular formula is C20H22N6O3S. The van der Waals surface area contributed by atoms with Gasteiger partial charge in [-0.1, -0.05) is 6.07 Å². The maximum Gasteiger partial charge on any atom is 0.243 e. The molecule has 1 aliphatic heterocycles. The van der Waals surface area contributed by atoms with Crippen LogP contribution in [0, 0.1) is 13.8 Å². The highest BCUT2D eigenvalue weighted by Crippen LogP contribution is 2.27. The van der Waals surface area contributed by atoms with Crippen LogP contribution < -0.4 is 5.32 Å². The van der Waals surface area contributed by atoms with E-state index in [0.717, 1.165) is 11.1 Å². The minimum Gasteiger partial charge on any atom is -0.369 e. The Morgan fingerprint density at radius 3 is 2.70 bits per heavy atom. The monoisotopic (exact) mass is 426 g/mol. The van der Waals surface area contributed by atoms with E-state index in [1.807, 2.05) is 19.9 Å². The molecule has 3 aromatic rings. The second-order valence-electron chi connectivity index (χ2n) is 7.00. The van der Waals surface area contributed by atoms with E-state index >= 15 is 0 Å². The van der Waals surface area contributed by atoms with Gasteiger partial charge >= 0.3 is 0 Å². The molecule has 0 aliphatic carbocycles. The first kappa shape index (κ1) is 20.3. The third-order valence-corrected chi connectivity index (χ3v) is 6.80. The fourth-order valence-corrected chi connectivity index (χ4v) is 4.63. The number of nitrogens with zero attached hydrogens (tertiary/aromatic N) is 5. The Morgan fingerprint density at radius 1 is 1.13 bits per heavy atom. The summed E-state index contributed by atoms with van der Waals surface area (Å²) < 4.78 is 33.5. The lowest BCUT2D eigenvalue weighted by molar-refractivity contribution is -0.00506. The van der Waals surface area contributed by atoms with E-state index in [2.05, 4.69) is 25.3 Å². The number of nitrogens with one attached hydrogen (secondary N) is 1. The molecule has 1 N–H and O–H groups in total. The second-order valence-corrected chi connectivity index (χ2v) is 8.93. The molecule has 0 radical (unpaired) electrons. The van der Waals surface area contributed by atoms with Crippen molar-refractivity contribution < 1.29 is 13.2 Å². The minimum atomic E-state index is -3.63. The van der Waals surface area contributed by atoms with Crippen molar-refractivity contribution in [3.63, 3.8) is 0 Å². The maximum absolute atomic E-state index is 13.1. The van der Waals surface area contributed by atoms with Crippen LogP contribution in [0.2, 0.25) is 0 Å². The molecule has 1 atom stereocenters. The van der Waals surface area contributed by atoms with Crippen molar-refractivity contribution in [1.82, 2.24) is 24.2 Å². The average Bonchev–Trinajstić information content (AvgIpc) is 2.76. The molecule has 9 nitrogen and oxygen atoms in total. The van der Waals surface area contributed by atoms with Crippen molar-refractivity contribution in [1.29, 1.82) is 0 Å². The van der Waals surface area contributed by atoms with E-state index in [9.17, 15) is 8.42 Å². The van der Waals surface area contributed by atoms with Crippen LogP contribution in [-0.4, -0.2) is 52.4 Å². The highest BCUT2D eigenvalue weighted by atomic mass is 32.2. The van der Waals surface area contributed by atoms with Crippen LogP contribution in [0.3, 0.4) is 0 Å². The number of morpholine rings is 1. The Morgan fingerprint density at radius 2 is 1.93 bits per heavy atom. The lowest BCUT2D eigenvalue weighted by Crippen LogP contribution is -2.42. The van der Waals surface area contributed by atoms with Gasteiger partial charge < -0.3 is 10.1 Å². The molecule has 2 aromatic heterocycles. The standard InChI is InChI=1S/C20H22N6O3S/c1-14-4-5-16(10-15(14)2)30(27,28)26-8-9-29-18(13-26)17-11-21-12-19(24-17)25-20-22-6-3-7-23-20/h3-7,10-12,18H,8-9,13H2,1-2H3,(H,22,23,24,25). The van der Waals surface area contributed by atoms with Gasteiger partial charge in [0, 0.05) is 25.5 Å². The first-order valence-electron chi connectivity index (χ1n) is 9.48. The van der Waals surface area contributed by atoms with E-state index in [1.54, 1.807) is 43.0 Å². The second kappa shape index (κ2) is 8.42. The molecule has 10 heteroatoms. The van der Waals surface area contributed by atoms with Crippen molar-refractivity contribution >= 4 is 21.8 Å². The van der Waals surface area contributed by atoms with Gasteiger partial charge in [0.05, 0.1) is 29.6 Å². The van der Waals surface area contributed by atoms with Crippen LogP contribution in [0.1, 0.15) is 22.9 Å². The van der Waals surface area contributed by atoms with E-state index in [1.165, 1.54) is 4.31 Å². The highest BCUT2D eigenvalue weighted by molar-refractivity contribution is 7.89. The molecule has 4 rings (SSSR count). The number of aryl methyl sites for hydroxylation is 2. The summed E-state index contributed by atoms with van der Waals surface area (Å²) in [4.78, 5) is 17.2. The summed E-state index contributed by atoms with van der Waals surface area (Å²) in [6, 6.07) is 6.89.